The zero-order chi connectivity index (χ0) is 17.4. The second-order valence-corrected chi connectivity index (χ2v) is 5.55. The lowest BCUT2D eigenvalue weighted by molar-refractivity contribution is -0.140. The normalized spacial score (nSPS) is 11.1. The van der Waals surface area contributed by atoms with Gasteiger partial charge in [-0.3, -0.25) is 24.3 Å². The highest BCUT2D eigenvalue weighted by Crippen LogP contribution is 2.16. The molecule has 3 aromatic rings. The van der Waals surface area contributed by atoms with Crippen molar-refractivity contribution in [1.82, 2.24) is 14.8 Å². The maximum atomic E-state index is 12.6. The van der Waals surface area contributed by atoms with Crippen LogP contribution in [0.15, 0.2) is 32.6 Å². The molecule has 2 N–H and O–H groups in total. The average molecular weight is 350 g/mol. The number of esters is 1. The number of methoxy groups -OCH3 is 1. The summed E-state index contributed by atoms with van der Waals surface area (Å²) < 4.78 is 5.42. The highest BCUT2D eigenvalue weighted by molar-refractivity contribution is 6.31. The Bertz CT molecular complexity index is 1140. The Labute approximate surface area is 138 Å². The van der Waals surface area contributed by atoms with Crippen LogP contribution in [0.3, 0.4) is 0 Å². The molecule has 9 heteroatoms. The topological polar surface area (TPSA) is 114 Å². The van der Waals surface area contributed by atoms with Crippen molar-refractivity contribution >= 4 is 39.4 Å². The van der Waals surface area contributed by atoms with Gasteiger partial charge >= 0.3 is 5.97 Å². The minimum absolute atomic E-state index is 0.102. The summed E-state index contributed by atoms with van der Waals surface area (Å²) in [6, 6.07) is 4.50. The zero-order valence-electron chi connectivity index (χ0n) is 12.5. The van der Waals surface area contributed by atoms with E-state index in [1.54, 1.807) is 0 Å². The Kier molecular flexibility index (Phi) is 3.98. The summed E-state index contributed by atoms with van der Waals surface area (Å²) in [5, 5.41) is 2.71. The van der Waals surface area contributed by atoms with Crippen LogP contribution in [-0.4, -0.2) is 27.8 Å². The number of H-pyrrole nitrogens is 2. The first kappa shape index (κ1) is 16.0. The monoisotopic (exact) mass is 349 g/mol. The molecular weight excluding hydrogens is 338 g/mol. The third kappa shape index (κ3) is 2.61. The van der Waals surface area contributed by atoms with E-state index in [9.17, 15) is 19.2 Å². The quantitative estimate of drug-likeness (QED) is 0.535. The summed E-state index contributed by atoms with van der Waals surface area (Å²) in [6.07, 6.45) is -0.112. The lowest BCUT2D eigenvalue weighted by Gasteiger charge is -2.07. The number of hydrogen-bond donors (Lipinski definition) is 2. The molecule has 3 rings (SSSR count). The Balaban J connectivity index is 2.31. The van der Waals surface area contributed by atoms with Gasteiger partial charge in [-0.25, -0.2) is 4.68 Å². The van der Waals surface area contributed by atoms with Gasteiger partial charge in [-0.2, -0.15) is 0 Å². The zero-order valence-corrected chi connectivity index (χ0v) is 13.3. The molecule has 2 aromatic heterocycles. The van der Waals surface area contributed by atoms with E-state index in [2.05, 4.69) is 14.8 Å². The lowest BCUT2D eigenvalue weighted by atomic mass is 10.1. The minimum Gasteiger partial charge on any atom is -0.469 e. The first-order chi connectivity index (χ1) is 11.4. The lowest BCUT2D eigenvalue weighted by Crippen LogP contribution is -2.34. The maximum absolute atomic E-state index is 12.6. The summed E-state index contributed by atoms with van der Waals surface area (Å²) in [5.74, 6) is -0.537. The van der Waals surface area contributed by atoms with E-state index >= 15 is 0 Å². The molecule has 0 atom stereocenters. The molecule has 0 saturated heterocycles. The largest absolute Gasteiger partial charge is 0.469 e. The first-order valence-corrected chi connectivity index (χ1v) is 7.35. The van der Waals surface area contributed by atoms with Gasteiger partial charge in [-0.15, -0.1) is 0 Å². The van der Waals surface area contributed by atoms with Crippen molar-refractivity contribution in [3.05, 3.63) is 54.2 Å². The van der Waals surface area contributed by atoms with Gasteiger partial charge in [0.25, 0.3) is 11.1 Å². The van der Waals surface area contributed by atoms with E-state index < -0.39 is 22.5 Å². The number of carbonyl (C=O) groups excluding carboxylic acids is 1. The van der Waals surface area contributed by atoms with Crippen LogP contribution in [0.5, 0.6) is 0 Å². The van der Waals surface area contributed by atoms with Gasteiger partial charge in [0.1, 0.15) is 10.9 Å². The van der Waals surface area contributed by atoms with Crippen LogP contribution in [0, 0.1) is 0 Å². The number of benzene rings is 1. The molecule has 0 amide bonds. The molecule has 0 fully saturated rings. The van der Waals surface area contributed by atoms with E-state index in [0.29, 0.717) is 10.5 Å². The van der Waals surface area contributed by atoms with Crippen LogP contribution in [0.2, 0.25) is 5.02 Å². The van der Waals surface area contributed by atoms with Crippen LogP contribution in [0.1, 0.15) is 6.42 Å². The third-order valence-electron chi connectivity index (χ3n) is 3.65. The van der Waals surface area contributed by atoms with Gasteiger partial charge in [0.2, 0.25) is 5.43 Å². The standard InChI is InChI=1S/C15H12ClN3O5/c1-24-10(20)4-5-19-15(23)11-12(14(22)18-19)17-9-6-7(16)2-3-8(9)13(11)21/h2-3,6H,4-5H2,1H3,(H,17,21)(H,18,22). The van der Waals surface area contributed by atoms with Gasteiger partial charge in [0.15, 0.2) is 0 Å². The number of pyridine rings is 1. The molecule has 0 aliphatic rings. The molecule has 0 radical (unpaired) electrons. The summed E-state index contributed by atoms with van der Waals surface area (Å²) >= 11 is 5.89. The van der Waals surface area contributed by atoms with E-state index in [1.165, 1.54) is 25.3 Å². The fourth-order valence-corrected chi connectivity index (χ4v) is 2.64. The van der Waals surface area contributed by atoms with Gasteiger partial charge < -0.3 is 9.72 Å². The average Bonchev–Trinajstić information content (AvgIpc) is 2.56. The molecular formula is C15H12ClN3O5. The summed E-state index contributed by atoms with van der Waals surface area (Å²) in [5.41, 5.74) is -1.68. The Morgan fingerprint density at radius 1 is 1.29 bits per heavy atom. The second-order valence-electron chi connectivity index (χ2n) is 5.12. The van der Waals surface area contributed by atoms with Crippen LogP contribution in [-0.2, 0) is 16.1 Å². The smallest absolute Gasteiger partial charge is 0.307 e. The molecule has 0 spiro atoms. The van der Waals surface area contributed by atoms with Gasteiger partial charge in [0, 0.05) is 10.4 Å². The fourth-order valence-electron chi connectivity index (χ4n) is 2.46. The molecule has 0 aliphatic heterocycles. The summed E-state index contributed by atoms with van der Waals surface area (Å²) in [7, 11) is 1.22. The van der Waals surface area contributed by atoms with Crippen LogP contribution < -0.4 is 16.5 Å². The van der Waals surface area contributed by atoms with Crippen LogP contribution in [0.4, 0.5) is 0 Å². The fraction of sp³-hybridized carbons (Fsp3) is 0.200. The number of ether oxygens (including phenoxy) is 1. The third-order valence-corrected chi connectivity index (χ3v) is 3.89. The van der Waals surface area contributed by atoms with Gasteiger partial charge in [-0.05, 0) is 18.2 Å². The van der Waals surface area contributed by atoms with Crippen LogP contribution in [0.25, 0.3) is 21.8 Å². The maximum Gasteiger partial charge on any atom is 0.307 e. The summed E-state index contributed by atoms with van der Waals surface area (Å²) in [6.45, 7) is -0.102. The Morgan fingerprint density at radius 3 is 2.75 bits per heavy atom. The van der Waals surface area contributed by atoms with Crippen molar-refractivity contribution in [3.63, 3.8) is 0 Å². The van der Waals surface area contributed by atoms with Crippen molar-refractivity contribution in [1.29, 1.82) is 0 Å². The van der Waals surface area contributed by atoms with Crippen molar-refractivity contribution in [2.45, 2.75) is 13.0 Å². The molecule has 0 unspecified atom stereocenters. The molecule has 124 valence electrons. The molecule has 0 aliphatic carbocycles. The van der Waals surface area contributed by atoms with Crippen LogP contribution >= 0.6 is 11.6 Å². The SMILES string of the molecule is COC(=O)CCn1[nH]c(=O)c2[nH]c3cc(Cl)ccc3c(=O)c2c1=O. The van der Waals surface area contributed by atoms with Crippen molar-refractivity contribution in [3.8, 4) is 0 Å². The highest BCUT2D eigenvalue weighted by Gasteiger charge is 2.15. The molecule has 0 bridgehead atoms. The van der Waals surface area contributed by atoms with E-state index in [-0.39, 0.29) is 29.3 Å². The molecule has 8 nitrogen and oxygen atoms in total. The van der Waals surface area contributed by atoms with Gasteiger partial charge in [0.05, 0.1) is 25.6 Å². The molecule has 0 saturated carbocycles. The number of rotatable bonds is 3. The Hall–Kier alpha value is -2.87. The number of fused-ring (bicyclic) bond motifs is 2. The number of aryl methyl sites for hydroxylation is 1. The predicted octanol–water partition coefficient (Wildman–Crippen LogP) is 0.748. The highest BCUT2D eigenvalue weighted by atomic mass is 35.5. The number of halogens is 1. The Morgan fingerprint density at radius 2 is 2.04 bits per heavy atom. The number of carbonyl (C=O) groups is 1. The van der Waals surface area contributed by atoms with Crippen molar-refractivity contribution in [2.75, 3.05) is 7.11 Å². The number of hydrogen-bond acceptors (Lipinski definition) is 5. The van der Waals surface area contributed by atoms with E-state index in [1.807, 2.05) is 0 Å². The molecule has 1 aromatic carbocycles. The second kappa shape index (κ2) is 5.97. The number of nitrogens with zero attached hydrogens (tertiary/aromatic N) is 1. The minimum atomic E-state index is -0.688. The first-order valence-electron chi connectivity index (χ1n) is 6.97. The van der Waals surface area contributed by atoms with Gasteiger partial charge in [-0.1, -0.05) is 11.6 Å². The number of aromatic amines is 2. The summed E-state index contributed by atoms with van der Waals surface area (Å²) in [4.78, 5) is 51.3. The molecule has 2 heterocycles. The van der Waals surface area contributed by atoms with Crippen molar-refractivity contribution in [2.24, 2.45) is 0 Å². The van der Waals surface area contributed by atoms with E-state index in [0.717, 1.165) is 4.68 Å². The predicted molar refractivity (Wildman–Crippen MR) is 88.6 cm³/mol. The van der Waals surface area contributed by atoms with E-state index in [4.69, 9.17) is 11.6 Å². The number of aromatic nitrogens is 3. The number of nitrogens with one attached hydrogen (secondary N) is 2. The van der Waals surface area contributed by atoms with Crippen molar-refractivity contribution < 1.29 is 9.53 Å². The molecule has 24 heavy (non-hydrogen) atoms.